The third-order valence-electron chi connectivity index (χ3n) is 2.90. The molecule has 1 aromatic carbocycles. The summed E-state index contributed by atoms with van der Waals surface area (Å²) in [5.74, 6) is 0. The van der Waals surface area contributed by atoms with E-state index in [1.807, 2.05) is 0 Å². The average molecular weight is 266 g/mol. The molecule has 0 spiro atoms. The van der Waals surface area contributed by atoms with Crippen molar-refractivity contribution < 1.29 is 4.92 Å². The second-order valence-electron chi connectivity index (χ2n) is 4.23. The average Bonchev–Trinajstić information content (AvgIpc) is 3.15. The van der Waals surface area contributed by atoms with Gasteiger partial charge in [0.15, 0.2) is 0 Å². The molecule has 0 radical (unpaired) electrons. The number of anilines is 1. The van der Waals surface area contributed by atoms with E-state index >= 15 is 0 Å². The molecule has 0 atom stereocenters. The van der Waals surface area contributed by atoms with Gasteiger partial charge >= 0.3 is 0 Å². The Morgan fingerprint density at radius 1 is 1.56 bits per heavy atom. The molecule has 94 valence electrons. The van der Waals surface area contributed by atoms with Crippen molar-refractivity contribution >= 4 is 23.0 Å². The van der Waals surface area contributed by atoms with Gasteiger partial charge in [-0.05, 0) is 18.9 Å². The molecule has 1 saturated carbocycles. The third-order valence-corrected chi connectivity index (χ3v) is 3.21. The Morgan fingerprint density at radius 3 is 2.78 bits per heavy atom. The Kier molecular flexibility index (Phi) is 3.68. The first-order valence-corrected chi connectivity index (χ1v) is 6.09. The number of nitro groups is 1. The molecule has 1 fully saturated rings. The van der Waals surface area contributed by atoms with Gasteiger partial charge in [0.1, 0.15) is 0 Å². The molecule has 2 rings (SSSR count). The lowest BCUT2D eigenvalue weighted by molar-refractivity contribution is -0.384. The lowest BCUT2D eigenvalue weighted by Gasteiger charge is -2.24. The number of hydrogen-bond acceptors (Lipinski definition) is 4. The van der Waals surface area contributed by atoms with E-state index in [-0.39, 0.29) is 5.69 Å². The smallest absolute Gasteiger partial charge is 0.271 e. The molecule has 18 heavy (non-hydrogen) atoms. The van der Waals surface area contributed by atoms with Crippen molar-refractivity contribution in [1.29, 1.82) is 5.26 Å². The molecule has 1 aromatic rings. The molecule has 0 bridgehead atoms. The summed E-state index contributed by atoms with van der Waals surface area (Å²) >= 11 is 6.09. The molecule has 5 nitrogen and oxygen atoms in total. The van der Waals surface area contributed by atoms with E-state index in [0.717, 1.165) is 18.5 Å². The molecule has 1 aliphatic rings. The lowest BCUT2D eigenvalue weighted by Crippen LogP contribution is -2.26. The van der Waals surface area contributed by atoms with Crippen LogP contribution in [0.1, 0.15) is 19.3 Å². The van der Waals surface area contributed by atoms with Gasteiger partial charge in [0, 0.05) is 24.7 Å². The summed E-state index contributed by atoms with van der Waals surface area (Å²) in [6.07, 6.45) is 2.58. The predicted octanol–water partition coefficient (Wildman–Crippen LogP) is 3.13. The van der Waals surface area contributed by atoms with Crippen molar-refractivity contribution in [2.75, 3.05) is 11.4 Å². The van der Waals surface area contributed by atoms with E-state index in [4.69, 9.17) is 16.9 Å². The monoisotopic (exact) mass is 265 g/mol. The van der Waals surface area contributed by atoms with Gasteiger partial charge in [-0.15, -0.1) is 0 Å². The summed E-state index contributed by atoms with van der Waals surface area (Å²) < 4.78 is 0. The Balaban J connectivity index is 2.25. The van der Waals surface area contributed by atoms with Crippen molar-refractivity contribution in [2.45, 2.75) is 25.3 Å². The first-order chi connectivity index (χ1) is 8.63. The molecule has 6 heteroatoms. The highest BCUT2D eigenvalue weighted by molar-refractivity contribution is 6.33. The summed E-state index contributed by atoms with van der Waals surface area (Å²) in [7, 11) is 0. The lowest BCUT2D eigenvalue weighted by atomic mass is 10.2. The molecule has 0 saturated heterocycles. The molecule has 0 aromatic heterocycles. The molecule has 0 amide bonds. The predicted molar refractivity (Wildman–Crippen MR) is 68.7 cm³/mol. The standard InChI is InChI=1S/C12H12ClN3O2/c13-11-8-10(16(17)18)4-5-12(11)15(7-1-6-14)9-2-3-9/h4-5,8-9H,1-3,7H2. The van der Waals surface area contributed by atoms with Crippen molar-refractivity contribution in [2.24, 2.45) is 0 Å². The van der Waals surface area contributed by atoms with E-state index in [0.29, 0.717) is 24.0 Å². The number of nitrogens with zero attached hydrogens (tertiary/aromatic N) is 3. The molecule has 1 aliphatic carbocycles. The van der Waals surface area contributed by atoms with Crippen LogP contribution in [-0.4, -0.2) is 17.5 Å². The minimum Gasteiger partial charge on any atom is -0.366 e. The van der Waals surface area contributed by atoms with Gasteiger partial charge in [-0.25, -0.2) is 0 Å². The van der Waals surface area contributed by atoms with E-state index in [1.54, 1.807) is 6.07 Å². The maximum atomic E-state index is 10.6. The highest BCUT2D eigenvalue weighted by Gasteiger charge is 2.30. The number of rotatable bonds is 5. The first-order valence-electron chi connectivity index (χ1n) is 5.71. The zero-order chi connectivity index (χ0) is 13.1. The van der Waals surface area contributed by atoms with Crippen LogP contribution in [0.4, 0.5) is 11.4 Å². The summed E-state index contributed by atoms with van der Waals surface area (Å²) in [6, 6.07) is 6.99. The van der Waals surface area contributed by atoms with E-state index < -0.39 is 4.92 Å². The second-order valence-corrected chi connectivity index (χ2v) is 4.63. The number of hydrogen-bond donors (Lipinski definition) is 0. The normalized spacial score (nSPS) is 14.0. The molecule has 0 heterocycles. The van der Waals surface area contributed by atoms with Crippen molar-refractivity contribution in [3.8, 4) is 6.07 Å². The molecule has 0 N–H and O–H groups in total. The molecular weight excluding hydrogens is 254 g/mol. The van der Waals surface area contributed by atoms with E-state index in [9.17, 15) is 10.1 Å². The highest BCUT2D eigenvalue weighted by atomic mass is 35.5. The van der Waals surface area contributed by atoms with Crippen LogP contribution < -0.4 is 4.90 Å². The topological polar surface area (TPSA) is 70.2 Å². The Bertz CT molecular complexity index is 509. The van der Waals surface area contributed by atoms with Gasteiger partial charge in [-0.2, -0.15) is 5.26 Å². The van der Waals surface area contributed by atoms with Crippen LogP contribution in [0.15, 0.2) is 18.2 Å². The van der Waals surface area contributed by atoms with Gasteiger partial charge in [-0.1, -0.05) is 11.6 Å². The van der Waals surface area contributed by atoms with Crippen LogP contribution in [0.3, 0.4) is 0 Å². The number of halogens is 1. The Hall–Kier alpha value is -1.80. The van der Waals surface area contributed by atoms with Crippen molar-refractivity contribution in [1.82, 2.24) is 0 Å². The van der Waals surface area contributed by atoms with Crippen molar-refractivity contribution in [3.63, 3.8) is 0 Å². The van der Waals surface area contributed by atoms with Gasteiger partial charge in [-0.3, -0.25) is 10.1 Å². The van der Waals surface area contributed by atoms with E-state index in [1.165, 1.54) is 12.1 Å². The zero-order valence-electron chi connectivity index (χ0n) is 9.67. The van der Waals surface area contributed by atoms with Crippen LogP contribution in [0.5, 0.6) is 0 Å². The fourth-order valence-electron chi connectivity index (χ4n) is 1.90. The van der Waals surface area contributed by atoms with E-state index in [2.05, 4.69) is 11.0 Å². The number of benzene rings is 1. The third kappa shape index (κ3) is 2.71. The summed E-state index contributed by atoms with van der Waals surface area (Å²) in [5, 5.41) is 19.7. The van der Waals surface area contributed by atoms with Gasteiger partial charge in [0.05, 0.1) is 28.1 Å². The van der Waals surface area contributed by atoms with Gasteiger partial charge < -0.3 is 4.90 Å². The minimum atomic E-state index is -0.466. The fourth-order valence-corrected chi connectivity index (χ4v) is 2.18. The quantitative estimate of drug-likeness (QED) is 0.606. The Labute approximate surface area is 110 Å². The maximum Gasteiger partial charge on any atom is 0.271 e. The molecule has 0 aliphatic heterocycles. The van der Waals surface area contributed by atoms with Gasteiger partial charge in [0.2, 0.25) is 0 Å². The number of nitro benzene ring substituents is 1. The molecule has 0 unspecified atom stereocenters. The van der Waals surface area contributed by atoms with Crippen LogP contribution in [0, 0.1) is 21.4 Å². The van der Waals surface area contributed by atoms with Crippen LogP contribution in [0.2, 0.25) is 5.02 Å². The van der Waals surface area contributed by atoms with Gasteiger partial charge in [0.25, 0.3) is 5.69 Å². The summed E-state index contributed by atoms with van der Waals surface area (Å²) in [6.45, 7) is 0.610. The first kappa shape index (κ1) is 12.7. The number of non-ortho nitro benzene ring substituents is 1. The van der Waals surface area contributed by atoms with Crippen molar-refractivity contribution in [3.05, 3.63) is 33.3 Å². The number of nitriles is 1. The maximum absolute atomic E-state index is 10.6. The largest absolute Gasteiger partial charge is 0.366 e. The minimum absolute atomic E-state index is 0.0141. The fraction of sp³-hybridized carbons (Fsp3) is 0.417. The molecular formula is C12H12ClN3O2. The SMILES string of the molecule is N#CCCN(c1ccc([N+](=O)[O-])cc1Cl)C1CC1. The zero-order valence-corrected chi connectivity index (χ0v) is 10.4. The Morgan fingerprint density at radius 2 is 2.28 bits per heavy atom. The van der Waals surface area contributed by atoms with Crippen LogP contribution >= 0.6 is 11.6 Å². The summed E-state index contributed by atoms with van der Waals surface area (Å²) in [4.78, 5) is 12.2. The summed E-state index contributed by atoms with van der Waals surface area (Å²) in [5.41, 5.74) is 0.764. The second kappa shape index (κ2) is 5.23. The van der Waals surface area contributed by atoms with Crippen LogP contribution in [0.25, 0.3) is 0 Å². The van der Waals surface area contributed by atoms with Crippen LogP contribution in [-0.2, 0) is 0 Å². The highest BCUT2D eigenvalue weighted by Crippen LogP contribution is 2.37.